The van der Waals surface area contributed by atoms with Gasteiger partial charge in [-0.05, 0) is 13.3 Å². The largest absolute Gasteiger partial charge is 0.478 e. The fourth-order valence-corrected chi connectivity index (χ4v) is 1.19. The quantitative estimate of drug-likeness (QED) is 0.728. The zero-order chi connectivity index (χ0) is 10.6. The van der Waals surface area contributed by atoms with Crippen molar-refractivity contribution in [3.63, 3.8) is 0 Å². The number of aromatic nitrogens is 2. The molecule has 5 nitrogen and oxygen atoms in total. The normalized spacial score (nSPS) is 9.71. The maximum absolute atomic E-state index is 10.7. The summed E-state index contributed by atoms with van der Waals surface area (Å²) in [4.78, 5) is 10.7. The van der Waals surface area contributed by atoms with Gasteiger partial charge in [-0.15, -0.1) is 0 Å². The molecule has 0 aliphatic heterocycles. The molecule has 1 N–H and O–H groups in total. The number of aryl methyl sites for hydroxylation is 1. The summed E-state index contributed by atoms with van der Waals surface area (Å²) in [6.45, 7) is 2.30. The highest BCUT2D eigenvalue weighted by Gasteiger charge is 2.11. The molecule has 0 bridgehead atoms. The molecule has 74 valence electrons. The molecule has 0 spiro atoms. The first-order chi connectivity index (χ1) is 6.66. The summed E-state index contributed by atoms with van der Waals surface area (Å²) in [6.07, 6.45) is 2.49. The number of carboxylic acid groups (broad SMARTS) is 1. The molecule has 0 aliphatic carbocycles. The van der Waals surface area contributed by atoms with E-state index in [1.54, 1.807) is 11.6 Å². The lowest BCUT2D eigenvalue weighted by Crippen LogP contribution is -2.04. The van der Waals surface area contributed by atoms with Gasteiger partial charge in [0.05, 0.1) is 12.3 Å². The summed E-state index contributed by atoms with van der Waals surface area (Å²) in [5, 5.41) is 21.0. The summed E-state index contributed by atoms with van der Waals surface area (Å²) in [5.41, 5.74) is 0.859. The van der Waals surface area contributed by atoms with E-state index in [9.17, 15) is 4.79 Å². The van der Waals surface area contributed by atoms with Crippen molar-refractivity contribution in [3.8, 4) is 6.07 Å². The molecule has 0 fully saturated rings. The monoisotopic (exact) mass is 193 g/mol. The van der Waals surface area contributed by atoms with Crippen molar-refractivity contribution in [2.75, 3.05) is 0 Å². The Balaban J connectivity index is 2.71. The van der Waals surface area contributed by atoms with Gasteiger partial charge in [0.1, 0.15) is 5.56 Å². The highest BCUT2D eigenvalue weighted by Crippen LogP contribution is 2.07. The summed E-state index contributed by atoms with van der Waals surface area (Å²) >= 11 is 0. The van der Waals surface area contributed by atoms with Gasteiger partial charge in [-0.1, -0.05) is 0 Å². The lowest BCUT2D eigenvalue weighted by atomic mass is 10.2. The van der Waals surface area contributed by atoms with E-state index in [4.69, 9.17) is 10.4 Å². The molecule has 0 unspecified atom stereocenters. The molecule has 0 radical (unpaired) electrons. The van der Waals surface area contributed by atoms with Crippen LogP contribution in [0.2, 0.25) is 0 Å². The van der Waals surface area contributed by atoms with E-state index in [2.05, 4.69) is 5.10 Å². The average molecular weight is 193 g/mol. The molecule has 0 aliphatic rings. The molecule has 1 aromatic heterocycles. The number of unbranched alkanes of at least 4 members (excludes halogenated alkanes) is 1. The summed E-state index contributed by atoms with van der Waals surface area (Å²) in [5.74, 6) is -0.964. The molecule has 5 heteroatoms. The minimum absolute atomic E-state index is 0.224. The molecule has 0 aromatic carbocycles. The summed E-state index contributed by atoms with van der Waals surface area (Å²) < 4.78 is 1.61. The number of carboxylic acids is 1. The Morgan fingerprint density at radius 1 is 1.79 bits per heavy atom. The first-order valence-electron chi connectivity index (χ1n) is 4.29. The maximum atomic E-state index is 10.7. The highest BCUT2D eigenvalue weighted by molar-refractivity contribution is 5.88. The van der Waals surface area contributed by atoms with E-state index in [1.807, 2.05) is 6.07 Å². The zero-order valence-corrected chi connectivity index (χ0v) is 7.90. The van der Waals surface area contributed by atoms with Gasteiger partial charge in [-0.3, -0.25) is 4.68 Å². The van der Waals surface area contributed by atoms with Gasteiger partial charge in [0, 0.05) is 18.7 Å². The van der Waals surface area contributed by atoms with Crippen molar-refractivity contribution in [1.29, 1.82) is 5.26 Å². The fourth-order valence-electron chi connectivity index (χ4n) is 1.19. The van der Waals surface area contributed by atoms with Crippen LogP contribution in [0.4, 0.5) is 0 Å². The van der Waals surface area contributed by atoms with Gasteiger partial charge >= 0.3 is 5.97 Å². The highest BCUT2D eigenvalue weighted by atomic mass is 16.4. The van der Waals surface area contributed by atoms with Gasteiger partial charge in [-0.2, -0.15) is 10.4 Å². The second-order valence-electron chi connectivity index (χ2n) is 2.93. The molecule has 1 aromatic rings. The van der Waals surface area contributed by atoms with E-state index >= 15 is 0 Å². The van der Waals surface area contributed by atoms with Crippen LogP contribution in [0.5, 0.6) is 0 Å². The third-order valence-corrected chi connectivity index (χ3v) is 1.99. The Bertz CT molecular complexity index is 376. The Morgan fingerprint density at radius 3 is 3.00 bits per heavy atom. The van der Waals surface area contributed by atoms with Gasteiger partial charge < -0.3 is 5.11 Å². The third kappa shape index (κ3) is 2.10. The lowest BCUT2D eigenvalue weighted by molar-refractivity contribution is 0.0696. The smallest absolute Gasteiger partial charge is 0.339 e. The van der Waals surface area contributed by atoms with E-state index in [0.29, 0.717) is 25.1 Å². The maximum Gasteiger partial charge on any atom is 0.339 e. The Morgan fingerprint density at radius 2 is 2.50 bits per heavy atom. The van der Waals surface area contributed by atoms with Crippen LogP contribution in [0.3, 0.4) is 0 Å². The Kier molecular flexibility index (Phi) is 3.24. The van der Waals surface area contributed by atoms with E-state index in [0.717, 1.165) is 0 Å². The zero-order valence-electron chi connectivity index (χ0n) is 7.90. The van der Waals surface area contributed by atoms with Gasteiger partial charge in [0.2, 0.25) is 0 Å². The number of rotatable bonds is 4. The van der Waals surface area contributed by atoms with Crippen LogP contribution in [-0.2, 0) is 6.54 Å². The minimum Gasteiger partial charge on any atom is -0.478 e. The van der Waals surface area contributed by atoms with Gasteiger partial charge in [0.25, 0.3) is 0 Å². The fraction of sp³-hybridized carbons (Fsp3) is 0.444. The Labute approximate surface area is 81.6 Å². The second-order valence-corrected chi connectivity index (χ2v) is 2.93. The van der Waals surface area contributed by atoms with Crippen LogP contribution in [0, 0.1) is 18.3 Å². The number of nitrogens with zero attached hydrogens (tertiary/aromatic N) is 3. The van der Waals surface area contributed by atoms with Crippen LogP contribution in [0.25, 0.3) is 0 Å². The van der Waals surface area contributed by atoms with E-state index in [1.165, 1.54) is 6.20 Å². The number of nitriles is 1. The van der Waals surface area contributed by atoms with E-state index in [-0.39, 0.29) is 5.56 Å². The average Bonchev–Trinajstić information content (AvgIpc) is 2.48. The van der Waals surface area contributed by atoms with Crippen LogP contribution in [0.15, 0.2) is 6.20 Å². The Hall–Kier alpha value is -1.83. The molecule has 0 amide bonds. The standard InChI is InChI=1S/C9H11N3O2/c1-7-8(9(13)14)6-11-12(7)5-3-2-4-10/h6H,2-3,5H2,1H3,(H,13,14). The molecule has 0 atom stereocenters. The SMILES string of the molecule is Cc1c(C(=O)O)cnn1CCCC#N. The van der Waals surface area contributed by atoms with Gasteiger partial charge in [-0.25, -0.2) is 4.79 Å². The minimum atomic E-state index is -0.964. The van der Waals surface area contributed by atoms with E-state index < -0.39 is 5.97 Å². The summed E-state index contributed by atoms with van der Waals surface area (Å²) in [7, 11) is 0. The van der Waals surface area contributed by atoms with Crippen molar-refractivity contribution >= 4 is 5.97 Å². The second kappa shape index (κ2) is 4.42. The van der Waals surface area contributed by atoms with Crippen molar-refractivity contribution in [2.45, 2.75) is 26.3 Å². The van der Waals surface area contributed by atoms with Crippen molar-refractivity contribution in [3.05, 3.63) is 17.5 Å². The van der Waals surface area contributed by atoms with Crippen molar-refractivity contribution in [2.24, 2.45) is 0 Å². The molecule has 0 saturated carbocycles. The first kappa shape index (κ1) is 10.3. The van der Waals surface area contributed by atoms with Crippen molar-refractivity contribution < 1.29 is 9.90 Å². The number of aromatic carboxylic acids is 1. The van der Waals surface area contributed by atoms with Crippen LogP contribution < -0.4 is 0 Å². The number of carbonyl (C=O) groups is 1. The van der Waals surface area contributed by atoms with Crippen LogP contribution in [0.1, 0.15) is 28.9 Å². The molecular formula is C9H11N3O2. The first-order valence-corrected chi connectivity index (χ1v) is 4.29. The number of hydrogen-bond donors (Lipinski definition) is 1. The molecule has 14 heavy (non-hydrogen) atoms. The molecule has 1 heterocycles. The van der Waals surface area contributed by atoms with Crippen LogP contribution >= 0.6 is 0 Å². The van der Waals surface area contributed by atoms with Crippen molar-refractivity contribution in [1.82, 2.24) is 9.78 Å². The topological polar surface area (TPSA) is 78.9 Å². The summed E-state index contributed by atoms with van der Waals surface area (Å²) in [6, 6.07) is 2.03. The predicted molar refractivity (Wildman–Crippen MR) is 48.8 cm³/mol. The predicted octanol–water partition coefficient (Wildman–Crippen LogP) is 1.19. The number of hydrogen-bond acceptors (Lipinski definition) is 3. The molecule has 1 rings (SSSR count). The lowest BCUT2D eigenvalue weighted by Gasteiger charge is -2.01. The van der Waals surface area contributed by atoms with Gasteiger partial charge in [0.15, 0.2) is 0 Å². The third-order valence-electron chi connectivity index (χ3n) is 1.99. The molecule has 0 saturated heterocycles. The van der Waals surface area contributed by atoms with Crippen LogP contribution in [-0.4, -0.2) is 20.9 Å². The molecular weight excluding hydrogens is 182 g/mol.